The SMILES string of the molecule is NCc1nc(=O)[nH]c2c1C(O)CCC2. The molecule has 0 radical (unpaired) electrons. The molecule has 76 valence electrons. The van der Waals surface area contributed by atoms with E-state index in [9.17, 15) is 9.90 Å². The first-order valence-electron chi connectivity index (χ1n) is 4.72. The molecule has 5 heteroatoms. The van der Waals surface area contributed by atoms with E-state index in [-0.39, 0.29) is 12.2 Å². The first-order chi connectivity index (χ1) is 6.72. The van der Waals surface area contributed by atoms with Crippen LogP contribution in [0.25, 0.3) is 0 Å². The molecule has 1 heterocycles. The number of aromatic amines is 1. The minimum atomic E-state index is -0.526. The summed E-state index contributed by atoms with van der Waals surface area (Å²) in [6.45, 7) is 0.198. The number of nitrogens with two attached hydrogens (primary N) is 1. The van der Waals surface area contributed by atoms with Crippen LogP contribution in [0.4, 0.5) is 0 Å². The van der Waals surface area contributed by atoms with Gasteiger partial charge in [-0.15, -0.1) is 0 Å². The number of aliphatic hydroxyl groups excluding tert-OH is 1. The Morgan fingerprint density at radius 3 is 3.14 bits per heavy atom. The predicted molar refractivity (Wildman–Crippen MR) is 50.6 cm³/mol. The maximum Gasteiger partial charge on any atom is 0.345 e. The largest absolute Gasteiger partial charge is 0.388 e. The highest BCUT2D eigenvalue weighted by Gasteiger charge is 2.22. The lowest BCUT2D eigenvalue weighted by Crippen LogP contribution is -2.25. The maximum absolute atomic E-state index is 11.1. The topological polar surface area (TPSA) is 92.0 Å². The van der Waals surface area contributed by atoms with Crippen LogP contribution in [0, 0.1) is 0 Å². The molecular weight excluding hydrogens is 182 g/mol. The lowest BCUT2D eigenvalue weighted by molar-refractivity contribution is 0.153. The molecule has 1 aromatic rings. The van der Waals surface area contributed by atoms with E-state index in [0.29, 0.717) is 12.1 Å². The molecule has 1 aromatic heterocycles. The Hall–Kier alpha value is -1.20. The standard InChI is InChI=1S/C9H13N3O2/c10-4-6-8-5(11-9(14)12-6)2-1-3-7(8)13/h7,13H,1-4,10H2,(H,11,12,14). The van der Waals surface area contributed by atoms with Gasteiger partial charge in [-0.3, -0.25) is 0 Å². The molecule has 1 aliphatic rings. The minimum absolute atomic E-state index is 0.198. The predicted octanol–water partition coefficient (Wildman–Crippen LogP) is -0.402. The highest BCUT2D eigenvalue weighted by Crippen LogP contribution is 2.28. The number of aromatic nitrogens is 2. The van der Waals surface area contributed by atoms with E-state index in [1.165, 1.54) is 0 Å². The molecule has 0 amide bonds. The second kappa shape index (κ2) is 3.51. The monoisotopic (exact) mass is 195 g/mol. The highest BCUT2D eigenvalue weighted by molar-refractivity contribution is 5.29. The summed E-state index contributed by atoms with van der Waals surface area (Å²) in [4.78, 5) is 17.5. The third kappa shape index (κ3) is 1.44. The molecule has 0 aliphatic heterocycles. The van der Waals surface area contributed by atoms with Gasteiger partial charge in [0.2, 0.25) is 0 Å². The zero-order valence-electron chi connectivity index (χ0n) is 7.79. The van der Waals surface area contributed by atoms with Crippen molar-refractivity contribution in [1.29, 1.82) is 0 Å². The lowest BCUT2D eigenvalue weighted by Gasteiger charge is -2.22. The average Bonchev–Trinajstić information content (AvgIpc) is 2.16. The zero-order chi connectivity index (χ0) is 10.1. The van der Waals surface area contributed by atoms with Gasteiger partial charge in [-0.1, -0.05) is 0 Å². The van der Waals surface area contributed by atoms with Gasteiger partial charge in [0.05, 0.1) is 11.8 Å². The molecule has 0 fully saturated rings. The summed E-state index contributed by atoms with van der Waals surface area (Å²) < 4.78 is 0. The molecule has 1 aliphatic carbocycles. The van der Waals surface area contributed by atoms with Gasteiger partial charge in [0, 0.05) is 17.8 Å². The van der Waals surface area contributed by atoms with E-state index in [2.05, 4.69) is 9.97 Å². The van der Waals surface area contributed by atoms with Crippen molar-refractivity contribution in [2.75, 3.05) is 0 Å². The molecule has 5 nitrogen and oxygen atoms in total. The second-order valence-corrected chi connectivity index (χ2v) is 3.49. The number of nitrogens with zero attached hydrogens (tertiary/aromatic N) is 1. The first kappa shape index (κ1) is 9.36. The highest BCUT2D eigenvalue weighted by atomic mass is 16.3. The fraction of sp³-hybridized carbons (Fsp3) is 0.556. The van der Waals surface area contributed by atoms with Crippen molar-refractivity contribution in [2.45, 2.75) is 31.9 Å². The van der Waals surface area contributed by atoms with Gasteiger partial charge in [0.25, 0.3) is 0 Å². The van der Waals surface area contributed by atoms with Gasteiger partial charge in [-0.05, 0) is 19.3 Å². The van der Waals surface area contributed by atoms with Crippen molar-refractivity contribution in [3.63, 3.8) is 0 Å². The van der Waals surface area contributed by atoms with Crippen molar-refractivity contribution >= 4 is 0 Å². The van der Waals surface area contributed by atoms with Crippen LogP contribution in [-0.2, 0) is 13.0 Å². The molecule has 0 saturated carbocycles. The van der Waals surface area contributed by atoms with Crippen LogP contribution in [0.5, 0.6) is 0 Å². The van der Waals surface area contributed by atoms with Crippen molar-refractivity contribution < 1.29 is 5.11 Å². The third-order valence-electron chi connectivity index (χ3n) is 2.56. The van der Waals surface area contributed by atoms with Crippen LogP contribution in [0.15, 0.2) is 4.79 Å². The molecule has 2 rings (SSSR count). The zero-order valence-corrected chi connectivity index (χ0v) is 7.79. The summed E-state index contributed by atoms with van der Waals surface area (Å²) in [5, 5.41) is 9.75. The van der Waals surface area contributed by atoms with Crippen LogP contribution < -0.4 is 11.4 Å². The summed E-state index contributed by atoms with van der Waals surface area (Å²) in [5.74, 6) is 0. The van der Waals surface area contributed by atoms with Gasteiger partial charge >= 0.3 is 5.69 Å². The first-order valence-corrected chi connectivity index (χ1v) is 4.72. The second-order valence-electron chi connectivity index (χ2n) is 3.49. The quantitative estimate of drug-likeness (QED) is 0.568. The van der Waals surface area contributed by atoms with E-state index < -0.39 is 6.10 Å². The molecule has 4 N–H and O–H groups in total. The van der Waals surface area contributed by atoms with E-state index in [4.69, 9.17) is 5.73 Å². The lowest BCUT2D eigenvalue weighted by atomic mass is 9.92. The van der Waals surface area contributed by atoms with Crippen molar-refractivity contribution in [3.05, 3.63) is 27.4 Å². The minimum Gasteiger partial charge on any atom is -0.388 e. The summed E-state index contributed by atoms with van der Waals surface area (Å²) >= 11 is 0. The Morgan fingerprint density at radius 1 is 1.64 bits per heavy atom. The van der Waals surface area contributed by atoms with Gasteiger partial charge in [0.15, 0.2) is 0 Å². The number of nitrogens with one attached hydrogen (secondary N) is 1. The summed E-state index contributed by atoms with van der Waals surface area (Å²) in [6, 6.07) is 0. The van der Waals surface area contributed by atoms with E-state index in [0.717, 1.165) is 24.1 Å². The van der Waals surface area contributed by atoms with E-state index in [1.807, 2.05) is 0 Å². The molecule has 14 heavy (non-hydrogen) atoms. The van der Waals surface area contributed by atoms with Crippen LogP contribution in [-0.4, -0.2) is 15.1 Å². The van der Waals surface area contributed by atoms with Gasteiger partial charge in [-0.2, -0.15) is 4.98 Å². The van der Waals surface area contributed by atoms with Crippen molar-refractivity contribution in [1.82, 2.24) is 9.97 Å². The fourth-order valence-corrected chi connectivity index (χ4v) is 1.94. The van der Waals surface area contributed by atoms with E-state index >= 15 is 0 Å². The summed E-state index contributed by atoms with van der Waals surface area (Å²) in [6.07, 6.45) is 1.87. The van der Waals surface area contributed by atoms with Crippen molar-refractivity contribution in [2.24, 2.45) is 5.73 Å². The van der Waals surface area contributed by atoms with Gasteiger partial charge in [-0.25, -0.2) is 4.79 Å². The molecular formula is C9H13N3O2. The molecule has 0 saturated heterocycles. The van der Waals surface area contributed by atoms with Crippen LogP contribution >= 0.6 is 0 Å². The molecule has 0 aromatic carbocycles. The van der Waals surface area contributed by atoms with Gasteiger partial charge < -0.3 is 15.8 Å². The number of rotatable bonds is 1. The number of H-pyrrole nitrogens is 1. The molecule has 0 bridgehead atoms. The number of aliphatic hydroxyl groups is 1. The Bertz CT molecular complexity index is 379. The number of aryl methyl sites for hydroxylation is 1. The maximum atomic E-state index is 11.1. The van der Waals surface area contributed by atoms with Gasteiger partial charge in [0.1, 0.15) is 0 Å². The van der Waals surface area contributed by atoms with Crippen LogP contribution in [0.1, 0.15) is 35.9 Å². The fourth-order valence-electron chi connectivity index (χ4n) is 1.94. The Kier molecular flexibility index (Phi) is 2.35. The third-order valence-corrected chi connectivity index (χ3v) is 2.56. The normalized spacial score (nSPS) is 20.6. The molecule has 1 unspecified atom stereocenters. The Labute approximate surface area is 81.0 Å². The van der Waals surface area contributed by atoms with Crippen LogP contribution in [0.2, 0.25) is 0 Å². The Balaban J connectivity index is 2.61. The van der Waals surface area contributed by atoms with Crippen LogP contribution in [0.3, 0.4) is 0 Å². The van der Waals surface area contributed by atoms with E-state index in [1.54, 1.807) is 0 Å². The number of fused-ring (bicyclic) bond motifs is 1. The number of hydrogen-bond acceptors (Lipinski definition) is 4. The van der Waals surface area contributed by atoms with Crippen molar-refractivity contribution in [3.8, 4) is 0 Å². The smallest absolute Gasteiger partial charge is 0.345 e. The summed E-state index contributed by atoms with van der Waals surface area (Å²) in [7, 11) is 0. The molecule has 1 atom stereocenters. The summed E-state index contributed by atoms with van der Waals surface area (Å²) in [5.41, 5.74) is 7.16. The number of hydrogen-bond donors (Lipinski definition) is 3. The average molecular weight is 195 g/mol. The Morgan fingerprint density at radius 2 is 2.43 bits per heavy atom. The molecule has 0 spiro atoms.